The van der Waals surface area contributed by atoms with Gasteiger partial charge in [-0.1, -0.05) is 32.9 Å². The molecular weight excluding hydrogens is 376 g/mol. The highest BCUT2D eigenvalue weighted by Gasteiger charge is 2.57. The summed E-state index contributed by atoms with van der Waals surface area (Å²) < 4.78 is 1.82. The van der Waals surface area contributed by atoms with Crippen molar-refractivity contribution in [2.24, 2.45) is 23.0 Å². The Labute approximate surface area is 177 Å². The van der Waals surface area contributed by atoms with E-state index in [1.807, 2.05) is 56.8 Å². The Balaban J connectivity index is 1.54. The lowest BCUT2D eigenvalue weighted by atomic mass is 9.65. The number of benzene rings is 1. The lowest BCUT2D eigenvalue weighted by Gasteiger charge is -2.39. The van der Waals surface area contributed by atoms with Crippen molar-refractivity contribution in [2.45, 2.75) is 53.4 Å². The van der Waals surface area contributed by atoms with Gasteiger partial charge in [-0.05, 0) is 44.2 Å². The first-order chi connectivity index (χ1) is 14.1. The van der Waals surface area contributed by atoms with Gasteiger partial charge in [-0.3, -0.25) is 9.48 Å². The van der Waals surface area contributed by atoms with Crippen molar-refractivity contribution in [3.8, 4) is 0 Å². The second-order valence-electron chi connectivity index (χ2n) is 9.19. The van der Waals surface area contributed by atoms with Crippen molar-refractivity contribution in [3.63, 3.8) is 0 Å². The third-order valence-corrected chi connectivity index (χ3v) is 7.39. The Morgan fingerprint density at radius 2 is 2.03 bits per heavy atom. The predicted octanol–water partition coefficient (Wildman–Crippen LogP) is 3.97. The Hall–Kier alpha value is -2.96. The van der Waals surface area contributed by atoms with Crippen LogP contribution >= 0.6 is 0 Å². The monoisotopic (exact) mass is 406 g/mol. The number of aromatic amines is 1. The molecule has 2 atom stereocenters. The fraction of sp³-hybridized carbons (Fsp3) is 0.478. The lowest BCUT2D eigenvalue weighted by molar-refractivity contribution is -0.135. The molecule has 3 aromatic rings. The molecule has 158 valence electrons. The quantitative estimate of drug-likeness (QED) is 0.507. The second kappa shape index (κ2) is 7.07. The summed E-state index contributed by atoms with van der Waals surface area (Å²) in [5, 5.41) is 8.65. The molecule has 30 heavy (non-hydrogen) atoms. The van der Waals surface area contributed by atoms with Crippen molar-refractivity contribution in [2.75, 3.05) is 0 Å². The van der Waals surface area contributed by atoms with E-state index in [2.05, 4.69) is 34.5 Å². The third kappa shape index (κ3) is 3.04. The maximum atomic E-state index is 13.2. The molecule has 2 heterocycles. The van der Waals surface area contributed by atoms with Gasteiger partial charge in [0.05, 0.1) is 28.4 Å². The van der Waals surface area contributed by atoms with Crippen molar-refractivity contribution < 1.29 is 4.79 Å². The van der Waals surface area contributed by atoms with Gasteiger partial charge >= 0.3 is 0 Å². The van der Waals surface area contributed by atoms with Gasteiger partial charge < -0.3 is 4.98 Å². The van der Waals surface area contributed by atoms with Gasteiger partial charge in [-0.15, -0.1) is 0 Å². The van der Waals surface area contributed by atoms with Gasteiger partial charge in [0, 0.05) is 24.2 Å². The van der Waals surface area contributed by atoms with Crippen LogP contribution in [0.2, 0.25) is 0 Å². The minimum Gasteiger partial charge on any atom is -0.342 e. The number of hydrazone groups is 1. The number of para-hydroxylation sites is 2. The number of aryl methyl sites for hydroxylation is 2. The molecule has 2 aromatic heterocycles. The molecule has 0 spiro atoms. The number of fused-ring (bicyclic) bond motifs is 1. The summed E-state index contributed by atoms with van der Waals surface area (Å²) in [6.07, 6.45) is 3.38. The molecule has 0 saturated heterocycles. The van der Waals surface area contributed by atoms with Gasteiger partial charge in [0.2, 0.25) is 5.91 Å². The van der Waals surface area contributed by atoms with E-state index in [-0.39, 0.29) is 17.2 Å². The van der Waals surface area contributed by atoms with Crippen LogP contribution in [0.25, 0.3) is 11.0 Å². The summed E-state index contributed by atoms with van der Waals surface area (Å²) in [5.74, 6) is 1.08. The summed E-state index contributed by atoms with van der Waals surface area (Å²) in [6, 6.07) is 8.05. The van der Waals surface area contributed by atoms with E-state index in [0.29, 0.717) is 0 Å². The van der Waals surface area contributed by atoms with Crippen LogP contribution in [0, 0.1) is 24.7 Å². The largest absolute Gasteiger partial charge is 0.342 e. The average Bonchev–Trinajstić information content (AvgIpc) is 3.30. The number of hydrogen-bond acceptors (Lipinski definition) is 4. The summed E-state index contributed by atoms with van der Waals surface area (Å²) in [6.45, 7) is 10.3. The minimum atomic E-state index is -0.549. The van der Waals surface area contributed by atoms with Crippen molar-refractivity contribution in [1.29, 1.82) is 0 Å². The highest BCUT2D eigenvalue weighted by Crippen LogP contribution is 2.59. The van der Waals surface area contributed by atoms with Crippen LogP contribution in [0.3, 0.4) is 0 Å². The molecular formula is C23H30N6O. The van der Waals surface area contributed by atoms with Crippen LogP contribution in [-0.4, -0.2) is 31.9 Å². The van der Waals surface area contributed by atoms with E-state index < -0.39 is 5.41 Å². The number of amides is 1. The Kier molecular flexibility index (Phi) is 4.79. The van der Waals surface area contributed by atoms with E-state index >= 15 is 0 Å². The van der Waals surface area contributed by atoms with E-state index in [1.165, 1.54) is 0 Å². The number of carbonyl (C=O) groups is 1. The first-order valence-electron chi connectivity index (χ1n) is 10.4. The van der Waals surface area contributed by atoms with E-state index in [0.717, 1.165) is 46.7 Å². The number of carbonyl (C=O) groups excluding carboxylic acids is 1. The zero-order chi connectivity index (χ0) is 21.7. The molecule has 7 nitrogen and oxygen atoms in total. The summed E-state index contributed by atoms with van der Waals surface area (Å²) in [4.78, 5) is 21.5. The zero-order valence-electron chi connectivity index (χ0n) is 18.6. The van der Waals surface area contributed by atoms with Crippen LogP contribution in [0.1, 0.15) is 62.3 Å². The van der Waals surface area contributed by atoms with Gasteiger partial charge in [-0.2, -0.15) is 10.2 Å². The minimum absolute atomic E-state index is 0.0541. The lowest BCUT2D eigenvalue weighted by Crippen LogP contribution is -2.45. The van der Waals surface area contributed by atoms with E-state index in [4.69, 9.17) is 4.98 Å². The molecule has 1 amide bonds. The van der Waals surface area contributed by atoms with Crippen LogP contribution in [-0.2, 0) is 11.8 Å². The predicted molar refractivity (Wildman–Crippen MR) is 118 cm³/mol. The standard InChI is InChI=1S/C23H30N6O/c1-14-16(15(2)29(6)28-14)13-24-27-21(30)23(5)12-11-17(22(23,3)4)20-25-18-9-7-8-10-19(18)26-20/h7-10,13,17H,11-12H2,1-6H3,(H,25,26)(H,27,30)/b24-13+. The molecule has 1 aromatic carbocycles. The number of hydrogen-bond donors (Lipinski definition) is 2. The maximum absolute atomic E-state index is 13.2. The number of H-pyrrole nitrogens is 1. The molecule has 2 N–H and O–H groups in total. The van der Waals surface area contributed by atoms with Crippen LogP contribution in [0.15, 0.2) is 29.4 Å². The van der Waals surface area contributed by atoms with Gasteiger partial charge in [0.25, 0.3) is 0 Å². The Bertz CT molecular complexity index is 1100. The normalized spacial score (nSPS) is 23.5. The molecule has 7 heteroatoms. The molecule has 1 saturated carbocycles. The van der Waals surface area contributed by atoms with Crippen LogP contribution in [0.4, 0.5) is 0 Å². The van der Waals surface area contributed by atoms with Gasteiger partial charge in [0.15, 0.2) is 0 Å². The maximum Gasteiger partial charge on any atom is 0.246 e. The number of aromatic nitrogens is 4. The number of rotatable bonds is 4. The molecule has 0 bridgehead atoms. The second-order valence-corrected chi connectivity index (χ2v) is 9.19. The topological polar surface area (TPSA) is 88.0 Å². The SMILES string of the molecule is Cc1nn(C)c(C)c1/C=N/NC(=O)C1(C)CCC(c2nc3ccccc3[nH]2)C1(C)C. The van der Waals surface area contributed by atoms with E-state index in [9.17, 15) is 4.79 Å². The number of nitrogens with one attached hydrogen (secondary N) is 2. The average molecular weight is 407 g/mol. The Morgan fingerprint density at radius 1 is 1.30 bits per heavy atom. The van der Waals surface area contributed by atoms with Crippen LogP contribution in [0.5, 0.6) is 0 Å². The smallest absolute Gasteiger partial charge is 0.246 e. The van der Waals surface area contributed by atoms with E-state index in [1.54, 1.807) is 6.21 Å². The summed E-state index contributed by atoms with van der Waals surface area (Å²) in [7, 11) is 1.90. The molecule has 0 aliphatic heterocycles. The molecule has 2 unspecified atom stereocenters. The summed E-state index contributed by atoms with van der Waals surface area (Å²) >= 11 is 0. The number of imidazole rings is 1. The van der Waals surface area contributed by atoms with Gasteiger partial charge in [-0.25, -0.2) is 10.4 Å². The molecule has 1 aliphatic rings. The highest BCUT2D eigenvalue weighted by molar-refractivity contribution is 5.87. The molecule has 1 aliphatic carbocycles. The van der Waals surface area contributed by atoms with Gasteiger partial charge in [0.1, 0.15) is 5.82 Å². The highest BCUT2D eigenvalue weighted by atomic mass is 16.2. The molecule has 0 radical (unpaired) electrons. The first-order valence-corrected chi connectivity index (χ1v) is 10.4. The Morgan fingerprint density at radius 3 is 2.70 bits per heavy atom. The fourth-order valence-electron chi connectivity index (χ4n) is 4.78. The summed E-state index contributed by atoms with van der Waals surface area (Å²) in [5.41, 5.74) is 6.82. The number of nitrogens with zero attached hydrogens (tertiary/aromatic N) is 4. The van der Waals surface area contributed by atoms with Crippen molar-refractivity contribution >= 4 is 23.2 Å². The van der Waals surface area contributed by atoms with Crippen molar-refractivity contribution in [1.82, 2.24) is 25.2 Å². The molecule has 1 fully saturated rings. The van der Waals surface area contributed by atoms with Crippen LogP contribution < -0.4 is 5.43 Å². The fourth-order valence-corrected chi connectivity index (χ4v) is 4.78. The first kappa shape index (κ1) is 20.3. The molecule has 4 rings (SSSR count). The third-order valence-electron chi connectivity index (χ3n) is 7.39. The zero-order valence-corrected chi connectivity index (χ0v) is 18.6. The van der Waals surface area contributed by atoms with Crippen molar-refractivity contribution in [3.05, 3.63) is 47.0 Å².